The van der Waals surface area contributed by atoms with Crippen LogP contribution in [0.15, 0.2) is 18.2 Å². The molecule has 18 heavy (non-hydrogen) atoms. The fourth-order valence-corrected chi connectivity index (χ4v) is 2.04. The molecule has 1 aromatic rings. The summed E-state index contributed by atoms with van der Waals surface area (Å²) < 4.78 is 29.6. The van der Waals surface area contributed by atoms with Crippen LogP contribution in [0.25, 0.3) is 0 Å². The molecule has 0 amide bonds. The van der Waals surface area contributed by atoms with Gasteiger partial charge in [0, 0.05) is 5.56 Å². The van der Waals surface area contributed by atoms with Crippen molar-refractivity contribution >= 4 is 8.77 Å². The first kappa shape index (κ1) is 15.4. The minimum Gasteiger partial charge on any atom is -0.420 e. The summed E-state index contributed by atoms with van der Waals surface area (Å²) in [7, 11) is -3.38. The maximum Gasteiger partial charge on any atom is 0.481 e. The van der Waals surface area contributed by atoms with Crippen molar-refractivity contribution in [1.29, 1.82) is 0 Å². The molecule has 0 heterocycles. The monoisotopic (exact) mass is 274 g/mol. The van der Waals surface area contributed by atoms with Crippen molar-refractivity contribution in [3.8, 4) is 5.75 Å². The largest absolute Gasteiger partial charge is 0.481 e. The van der Waals surface area contributed by atoms with Gasteiger partial charge in [-0.05, 0) is 22.5 Å². The topological polar surface area (TPSA) is 9.23 Å². The van der Waals surface area contributed by atoms with Gasteiger partial charge in [0.15, 0.2) is 0 Å². The van der Waals surface area contributed by atoms with Crippen LogP contribution in [-0.4, -0.2) is 0 Å². The van der Waals surface area contributed by atoms with E-state index in [2.05, 4.69) is 25.3 Å². The van der Waals surface area contributed by atoms with E-state index in [1.165, 1.54) is 0 Å². The van der Waals surface area contributed by atoms with Crippen LogP contribution >= 0.6 is 8.77 Å². The molecule has 4 heteroatoms. The smallest absolute Gasteiger partial charge is 0.420 e. The van der Waals surface area contributed by atoms with Crippen LogP contribution in [0.1, 0.15) is 52.7 Å². The normalized spacial score (nSPS) is 12.9. The van der Waals surface area contributed by atoms with E-state index < -0.39 is 8.77 Å². The minimum atomic E-state index is -3.38. The molecule has 1 aromatic carbocycles. The first-order valence-electron chi connectivity index (χ1n) is 5.96. The lowest BCUT2D eigenvalue weighted by molar-refractivity contribution is 0.479. The highest BCUT2D eigenvalue weighted by molar-refractivity contribution is 7.41. The Morgan fingerprint density at radius 3 is 1.89 bits per heavy atom. The van der Waals surface area contributed by atoms with E-state index in [0.29, 0.717) is 5.75 Å². The fourth-order valence-electron chi connectivity index (χ4n) is 1.74. The summed E-state index contributed by atoms with van der Waals surface area (Å²) in [5, 5.41) is 0. The second-order valence-electron chi connectivity index (χ2n) is 6.50. The summed E-state index contributed by atoms with van der Waals surface area (Å²) in [6.07, 6.45) is 0. The molecule has 0 radical (unpaired) electrons. The van der Waals surface area contributed by atoms with Gasteiger partial charge in [0.2, 0.25) is 0 Å². The van der Waals surface area contributed by atoms with Crippen molar-refractivity contribution in [2.75, 3.05) is 0 Å². The molecule has 0 N–H and O–H groups in total. The van der Waals surface area contributed by atoms with Gasteiger partial charge in [0.25, 0.3) is 0 Å². The van der Waals surface area contributed by atoms with E-state index in [0.717, 1.165) is 11.1 Å². The first-order valence-corrected chi connectivity index (χ1v) is 7.00. The van der Waals surface area contributed by atoms with Gasteiger partial charge in [0.05, 0.1) is 0 Å². The van der Waals surface area contributed by atoms with Crippen molar-refractivity contribution in [1.82, 2.24) is 0 Å². The van der Waals surface area contributed by atoms with E-state index in [-0.39, 0.29) is 10.8 Å². The quantitative estimate of drug-likeness (QED) is 0.617. The van der Waals surface area contributed by atoms with Gasteiger partial charge in [-0.15, -0.1) is 8.39 Å². The Morgan fingerprint density at radius 1 is 0.944 bits per heavy atom. The molecule has 1 nitrogen and oxygen atoms in total. The van der Waals surface area contributed by atoms with Crippen molar-refractivity contribution in [2.45, 2.75) is 52.4 Å². The standard InChI is InChI=1S/C14H21F2OP/c1-13(2,3)10-7-8-12(17-18(15)16)11(9-10)14(4,5)6/h7-9H,1-6H3. The zero-order valence-corrected chi connectivity index (χ0v) is 12.7. The zero-order valence-electron chi connectivity index (χ0n) is 11.8. The molecular formula is C14H21F2OP. The van der Waals surface area contributed by atoms with Crippen LogP contribution < -0.4 is 4.52 Å². The van der Waals surface area contributed by atoms with E-state index in [1.54, 1.807) is 6.07 Å². The van der Waals surface area contributed by atoms with Crippen molar-refractivity contribution in [2.24, 2.45) is 0 Å². The van der Waals surface area contributed by atoms with Crippen LogP contribution in [0.2, 0.25) is 0 Å². The molecule has 1 rings (SSSR count). The third-order valence-electron chi connectivity index (χ3n) is 2.82. The number of halogens is 2. The molecule has 0 saturated carbocycles. The summed E-state index contributed by atoms with van der Waals surface area (Å²) >= 11 is 0. The Hall–Kier alpha value is -0.690. The molecule has 0 aliphatic carbocycles. The van der Waals surface area contributed by atoms with Gasteiger partial charge in [-0.3, -0.25) is 0 Å². The number of benzene rings is 1. The maximum atomic E-state index is 12.5. The average molecular weight is 274 g/mol. The van der Waals surface area contributed by atoms with E-state index in [9.17, 15) is 8.39 Å². The fraction of sp³-hybridized carbons (Fsp3) is 0.571. The van der Waals surface area contributed by atoms with Gasteiger partial charge in [0.1, 0.15) is 5.75 Å². The Labute approximate surface area is 110 Å². The molecule has 0 fully saturated rings. The third-order valence-corrected chi connectivity index (χ3v) is 3.16. The van der Waals surface area contributed by atoms with Gasteiger partial charge >= 0.3 is 8.77 Å². The van der Waals surface area contributed by atoms with Crippen molar-refractivity contribution in [3.05, 3.63) is 29.3 Å². The molecular weight excluding hydrogens is 253 g/mol. The van der Waals surface area contributed by atoms with Crippen LogP contribution in [0.5, 0.6) is 5.75 Å². The highest BCUT2D eigenvalue weighted by atomic mass is 31.2. The number of hydrogen-bond donors (Lipinski definition) is 0. The van der Waals surface area contributed by atoms with Gasteiger partial charge in [-0.25, -0.2) is 0 Å². The summed E-state index contributed by atoms with van der Waals surface area (Å²) in [4.78, 5) is 0. The summed E-state index contributed by atoms with van der Waals surface area (Å²) in [6.45, 7) is 12.3. The summed E-state index contributed by atoms with van der Waals surface area (Å²) in [5.74, 6) is 0.298. The van der Waals surface area contributed by atoms with Gasteiger partial charge in [-0.1, -0.05) is 53.7 Å². The van der Waals surface area contributed by atoms with Crippen LogP contribution in [0, 0.1) is 0 Å². The lowest BCUT2D eigenvalue weighted by Gasteiger charge is -2.26. The Balaban J connectivity index is 3.30. The predicted octanol–water partition coefficient (Wildman–Crippen LogP) is 5.83. The lowest BCUT2D eigenvalue weighted by atomic mass is 9.80. The third kappa shape index (κ3) is 3.91. The zero-order chi connectivity index (χ0) is 14.1. The molecule has 0 spiro atoms. The first-order chi connectivity index (χ1) is 8.01. The second kappa shape index (κ2) is 5.13. The molecule has 0 aromatic heterocycles. The van der Waals surface area contributed by atoms with Crippen LogP contribution in [-0.2, 0) is 10.8 Å². The highest BCUT2D eigenvalue weighted by Crippen LogP contribution is 2.45. The van der Waals surface area contributed by atoms with Crippen LogP contribution in [0.4, 0.5) is 8.39 Å². The molecule has 0 atom stereocenters. The molecule has 0 aliphatic heterocycles. The summed E-state index contributed by atoms with van der Waals surface area (Å²) in [6, 6.07) is 5.51. The van der Waals surface area contributed by atoms with Gasteiger partial charge in [-0.2, -0.15) is 0 Å². The Morgan fingerprint density at radius 2 is 1.50 bits per heavy atom. The number of hydrogen-bond acceptors (Lipinski definition) is 1. The summed E-state index contributed by atoms with van der Waals surface area (Å²) in [5.41, 5.74) is 1.73. The average Bonchev–Trinajstić information content (AvgIpc) is 2.13. The molecule has 0 saturated heterocycles. The Kier molecular flexibility index (Phi) is 4.38. The van der Waals surface area contributed by atoms with Crippen molar-refractivity contribution in [3.63, 3.8) is 0 Å². The SMILES string of the molecule is CC(C)(C)c1ccc(OP(F)F)c(C(C)(C)C)c1. The van der Waals surface area contributed by atoms with E-state index in [4.69, 9.17) is 0 Å². The van der Waals surface area contributed by atoms with Crippen LogP contribution in [0.3, 0.4) is 0 Å². The minimum absolute atomic E-state index is 0.00526. The number of rotatable bonds is 2. The molecule has 0 unspecified atom stereocenters. The van der Waals surface area contributed by atoms with Gasteiger partial charge < -0.3 is 4.52 Å². The van der Waals surface area contributed by atoms with E-state index in [1.807, 2.05) is 32.9 Å². The Bertz CT molecular complexity index is 417. The second-order valence-corrected chi connectivity index (χ2v) is 7.09. The lowest BCUT2D eigenvalue weighted by Crippen LogP contribution is -2.17. The van der Waals surface area contributed by atoms with Crippen molar-refractivity contribution < 1.29 is 12.9 Å². The highest BCUT2D eigenvalue weighted by Gasteiger charge is 2.24. The maximum absolute atomic E-state index is 12.5. The molecule has 0 aliphatic rings. The predicted molar refractivity (Wildman–Crippen MR) is 73.6 cm³/mol. The molecule has 102 valence electrons. The molecule has 0 bridgehead atoms. The van der Waals surface area contributed by atoms with E-state index >= 15 is 0 Å².